The number of aromatic nitrogens is 1. The fourth-order valence-corrected chi connectivity index (χ4v) is 3.12. The number of hydrogen-bond donors (Lipinski definition) is 2. The first-order valence-electron chi connectivity index (χ1n) is 9.64. The quantitative estimate of drug-likeness (QED) is 0.660. The van der Waals surface area contributed by atoms with Crippen LogP contribution in [0.5, 0.6) is 11.5 Å². The average molecular weight is 403 g/mol. The molecule has 2 amide bonds. The molecule has 152 valence electrons. The number of ether oxygens (including phenoxy) is 2. The number of nitrogens with zero attached hydrogens (tertiary/aromatic N) is 1. The van der Waals surface area contributed by atoms with Crippen LogP contribution in [-0.4, -0.2) is 35.6 Å². The Bertz CT molecular complexity index is 1010. The van der Waals surface area contributed by atoms with Gasteiger partial charge in [-0.3, -0.25) is 9.59 Å². The van der Waals surface area contributed by atoms with Crippen LogP contribution in [0.15, 0.2) is 79.0 Å². The molecule has 2 atom stereocenters. The number of benzene rings is 2. The summed E-state index contributed by atoms with van der Waals surface area (Å²) >= 11 is 0. The first kappa shape index (κ1) is 19.4. The third-order valence-corrected chi connectivity index (χ3v) is 4.63. The highest BCUT2D eigenvalue weighted by atomic mass is 16.6. The number of carbonyl (C=O) groups is 2. The molecule has 2 N–H and O–H groups in total. The van der Waals surface area contributed by atoms with E-state index in [4.69, 9.17) is 9.47 Å². The predicted octanol–water partition coefficient (Wildman–Crippen LogP) is 2.59. The monoisotopic (exact) mass is 403 g/mol. The lowest BCUT2D eigenvalue weighted by molar-refractivity contribution is -0.133. The third kappa shape index (κ3) is 4.75. The third-order valence-electron chi connectivity index (χ3n) is 4.63. The van der Waals surface area contributed by atoms with Gasteiger partial charge in [-0.15, -0.1) is 0 Å². The van der Waals surface area contributed by atoms with Gasteiger partial charge in [-0.2, -0.15) is 0 Å². The van der Waals surface area contributed by atoms with E-state index in [2.05, 4.69) is 15.6 Å². The zero-order valence-corrected chi connectivity index (χ0v) is 16.2. The normalized spacial score (nSPS) is 15.7. The summed E-state index contributed by atoms with van der Waals surface area (Å²) in [4.78, 5) is 29.9. The molecule has 30 heavy (non-hydrogen) atoms. The summed E-state index contributed by atoms with van der Waals surface area (Å²) in [6, 6.07) is 21.1. The second kappa shape index (κ2) is 9.09. The Morgan fingerprint density at radius 1 is 0.967 bits per heavy atom. The van der Waals surface area contributed by atoms with Crippen LogP contribution in [0.1, 0.15) is 5.56 Å². The molecule has 1 aliphatic heterocycles. The molecule has 0 aliphatic carbocycles. The van der Waals surface area contributed by atoms with Gasteiger partial charge in [0.15, 0.2) is 11.5 Å². The highest BCUT2D eigenvalue weighted by Gasteiger charge is 2.31. The fourth-order valence-electron chi connectivity index (χ4n) is 3.12. The van der Waals surface area contributed by atoms with Crippen molar-refractivity contribution in [3.63, 3.8) is 0 Å². The number of rotatable bonds is 6. The molecule has 4 rings (SSSR count). The number of pyridine rings is 1. The summed E-state index contributed by atoms with van der Waals surface area (Å²) in [6.45, 7) is 0.0722. The van der Waals surface area contributed by atoms with Crippen LogP contribution < -0.4 is 20.1 Å². The molecule has 2 unspecified atom stereocenters. The molecule has 0 radical (unpaired) electrons. The topological polar surface area (TPSA) is 89.6 Å². The second-order valence-electron chi connectivity index (χ2n) is 6.82. The van der Waals surface area contributed by atoms with Gasteiger partial charge >= 0.3 is 0 Å². The number of hydrogen-bond acceptors (Lipinski definition) is 5. The SMILES string of the molecule is O=C(Nc1ccccn1)C(Cc1ccccc1)NC(=O)C1COc2ccccc2O1. The van der Waals surface area contributed by atoms with Crippen molar-refractivity contribution in [2.24, 2.45) is 0 Å². The molecule has 1 aromatic heterocycles. The van der Waals surface area contributed by atoms with Crippen LogP contribution in [0.25, 0.3) is 0 Å². The maximum absolute atomic E-state index is 12.9. The number of nitrogens with one attached hydrogen (secondary N) is 2. The van der Waals surface area contributed by atoms with Crippen molar-refractivity contribution in [2.45, 2.75) is 18.6 Å². The van der Waals surface area contributed by atoms with Crippen LogP contribution in [0.3, 0.4) is 0 Å². The Morgan fingerprint density at radius 3 is 2.47 bits per heavy atom. The highest BCUT2D eigenvalue weighted by Crippen LogP contribution is 2.30. The zero-order valence-electron chi connectivity index (χ0n) is 16.2. The van der Waals surface area contributed by atoms with E-state index in [-0.39, 0.29) is 12.5 Å². The van der Waals surface area contributed by atoms with E-state index in [1.54, 1.807) is 42.6 Å². The van der Waals surface area contributed by atoms with Gasteiger partial charge < -0.3 is 20.1 Å². The van der Waals surface area contributed by atoms with Crippen LogP contribution in [-0.2, 0) is 16.0 Å². The second-order valence-corrected chi connectivity index (χ2v) is 6.82. The fraction of sp³-hybridized carbons (Fsp3) is 0.174. The summed E-state index contributed by atoms with van der Waals surface area (Å²) in [5, 5.41) is 5.55. The van der Waals surface area contributed by atoms with E-state index in [1.165, 1.54) is 0 Å². The first-order chi connectivity index (χ1) is 14.7. The van der Waals surface area contributed by atoms with Crippen molar-refractivity contribution in [2.75, 3.05) is 11.9 Å². The molecular weight excluding hydrogens is 382 g/mol. The molecule has 2 aromatic carbocycles. The summed E-state index contributed by atoms with van der Waals surface area (Å²) in [5.74, 6) is 0.738. The van der Waals surface area contributed by atoms with Crippen molar-refractivity contribution in [1.29, 1.82) is 0 Å². The van der Waals surface area contributed by atoms with Gasteiger partial charge in [-0.05, 0) is 29.8 Å². The van der Waals surface area contributed by atoms with E-state index < -0.39 is 18.1 Å². The Labute approximate surface area is 174 Å². The zero-order chi connectivity index (χ0) is 20.8. The van der Waals surface area contributed by atoms with Crippen molar-refractivity contribution in [1.82, 2.24) is 10.3 Å². The highest BCUT2D eigenvalue weighted by molar-refractivity contribution is 5.97. The molecule has 2 heterocycles. The van der Waals surface area contributed by atoms with Crippen LogP contribution in [0.2, 0.25) is 0 Å². The molecule has 7 heteroatoms. The van der Waals surface area contributed by atoms with Gasteiger partial charge in [-0.25, -0.2) is 4.98 Å². The Balaban J connectivity index is 1.47. The maximum atomic E-state index is 12.9. The van der Waals surface area contributed by atoms with E-state index in [9.17, 15) is 9.59 Å². The summed E-state index contributed by atoms with van der Waals surface area (Å²) in [5.41, 5.74) is 0.921. The number of amides is 2. The molecular formula is C23H21N3O4. The Kier molecular flexibility index (Phi) is 5.89. The van der Waals surface area contributed by atoms with E-state index in [0.717, 1.165) is 5.56 Å². The van der Waals surface area contributed by atoms with Crippen molar-refractivity contribution < 1.29 is 19.1 Å². The van der Waals surface area contributed by atoms with Crippen molar-refractivity contribution in [3.8, 4) is 11.5 Å². The number of para-hydroxylation sites is 2. The van der Waals surface area contributed by atoms with Crippen molar-refractivity contribution >= 4 is 17.6 Å². The summed E-state index contributed by atoms with van der Waals surface area (Å²) in [7, 11) is 0. The Hall–Kier alpha value is -3.87. The van der Waals surface area contributed by atoms with Gasteiger partial charge in [0.2, 0.25) is 12.0 Å². The number of fused-ring (bicyclic) bond motifs is 1. The van der Waals surface area contributed by atoms with Crippen LogP contribution >= 0.6 is 0 Å². The molecule has 0 saturated carbocycles. The molecule has 3 aromatic rings. The molecule has 0 bridgehead atoms. The molecule has 0 saturated heterocycles. The van der Waals surface area contributed by atoms with E-state index in [0.29, 0.717) is 23.7 Å². The summed E-state index contributed by atoms with van der Waals surface area (Å²) in [6.07, 6.45) is 1.07. The predicted molar refractivity (Wildman–Crippen MR) is 111 cm³/mol. The summed E-state index contributed by atoms with van der Waals surface area (Å²) < 4.78 is 11.4. The maximum Gasteiger partial charge on any atom is 0.265 e. The van der Waals surface area contributed by atoms with Gasteiger partial charge in [0, 0.05) is 12.6 Å². The lowest BCUT2D eigenvalue weighted by Crippen LogP contribution is -2.52. The molecule has 7 nitrogen and oxygen atoms in total. The van der Waals surface area contributed by atoms with Gasteiger partial charge in [0.1, 0.15) is 18.5 Å². The largest absolute Gasteiger partial charge is 0.485 e. The minimum Gasteiger partial charge on any atom is -0.485 e. The number of carbonyl (C=O) groups excluding carboxylic acids is 2. The first-order valence-corrected chi connectivity index (χ1v) is 9.64. The van der Waals surface area contributed by atoms with Crippen molar-refractivity contribution in [3.05, 3.63) is 84.6 Å². The van der Waals surface area contributed by atoms with E-state index in [1.807, 2.05) is 36.4 Å². The van der Waals surface area contributed by atoms with Crippen LogP contribution in [0, 0.1) is 0 Å². The van der Waals surface area contributed by atoms with E-state index >= 15 is 0 Å². The van der Waals surface area contributed by atoms with Gasteiger partial charge in [-0.1, -0.05) is 48.5 Å². The molecule has 1 aliphatic rings. The van der Waals surface area contributed by atoms with Gasteiger partial charge in [0.25, 0.3) is 5.91 Å². The molecule has 0 spiro atoms. The smallest absolute Gasteiger partial charge is 0.265 e. The minimum absolute atomic E-state index is 0.0722. The molecule has 0 fully saturated rings. The Morgan fingerprint density at radius 2 is 1.70 bits per heavy atom. The lowest BCUT2D eigenvalue weighted by Gasteiger charge is -2.27. The van der Waals surface area contributed by atoms with Gasteiger partial charge in [0.05, 0.1) is 0 Å². The number of anilines is 1. The standard InChI is InChI=1S/C23H21N3O4/c27-22(26-21-12-6-7-13-24-21)17(14-16-8-2-1-3-9-16)25-23(28)20-15-29-18-10-4-5-11-19(18)30-20/h1-13,17,20H,14-15H2,(H,25,28)(H,24,26,27). The lowest BCUT2D eigenvalue weighted by atomic mass is 10.0. The van der Waals surface area contributed by atoms with Crippen LogP contribution in [0.4, 0.5) is 5.82 Å². The minimum atomic E-state index is -0.846. The average Bonchev–Trinajstić information content (AvgIpc) is 2.79.